The molecule has 0 spiro atoms. The third-order valence-corrected chi connectivity index (χ3v) is 3.19. The number of aryl methyl sites for hydroxylation is 4. The van der Waals surface area contributed by atoms with Crippen molar-refractivity contribution < 1.29 is 4.74 Å². The zero-order valence-electron chi connectivity index (χ0n) is 10.6. The number of methoxy groups -OCH3 is 1. The molecule has 0 radical (unpaired) electrons. The van der Waals surface area contributed by atoms with Crippen LogP contribution in [0.25, 0.3) is 5.52 Å². The van der Waals surface area contributed by atoms with Crippen LogP contribution in [0.5, 0.6) is 5.88 Å². The normalized spacial score (nSPS) is 11.1. The molecule has 0 aliphatic heterocycles. The van der Waals surface area contributed by atoms with Crippen LogP contribution in [0.4, 0.5) is 0 Å². The Morgan fingerprint density at radius 3 is 2.56 bits per heavy atom. The Bertz CT molecular complexity index is 541. The summed E-state index contributed by atoms with van der Waals surface area (Å²) in [4.78, 5) is 4.47. The Morgan fingerprint density at radius 1 is 1.31 bits per heavy atom. The molecule has 2 heterocycles. The zero-order chi connectivity index (χ0) is 11.9. The first-order valence-corrected chi connectivity index (χ1v) is 5.62. The lowest BCUT2D eigenvalue weighted by atomic mass is 10.2. The second-order valence-electron chi connectivity index (χ2n) is 4.14. The molecule has 0 fully saturated rings. The summed E-state index contributed by atoms with van der Waals surface area (Å²) in [5.74, 6) is 0.714. The van der Waals surface area contributed by atoms with Crippen LogP contribution in [0.1, 0.15) is 29.6 Å². The van der Waals surface area contributed by atoms with E-state index < -0.39 is 0 Å². The molecular weight excluding hydrogens is 200 g/mol. The molecule has 86 valence electrons. The highest BCUT2D eigenvalue weighted by Crippen LogP contribution is 2.26. The molecule has 2 rings (SSSR count). The molecule has 3 nitrogen and oxygen atoms in total. The average molecular weight is 218 g/mol. The molecule has 0 saturated heterocycles. The molecule has 2 aromatic rings. The van der Waals surface area contributed by atoms with Crippen LogP contribution < -0.4 is 4.74 Å². The van der Waals surface area contributed by atoms with E-state index in [0.29, 0.717) is 5.88 Å². The second-order valence-corrected chi connectivity index (χ2v) is 4.14. The minimum absolute atomic E-state index is 0.714. The molecule has 0 saturated carbocycles. The molecule has 0 aliphatic carbocycles. The number of ether oxygens (including phenoxy) is 1. The number of hydrogen-bond acceptors (Lipinski definition) is 2. The maximum atomic E-state index is 5.34. The van der Waals surface area contributed by atoms with Gasteiger partial charge in [-0.05, 0) is 38.8 Å². The molecule has 16 heavy (non-hydrogen) atoms. The molecule has 0 atom stereocenters. The molecule has 0 aromatic carbocycles. The van der Waals surface area contributed by atoms with Crippen LogP contribution in [0.15, 0.2) is 6.07 Å². The van der Waals surface area contributed by atoms with Gasteiger partial charge in [-0.2, -0.15) is 0 Å². The van der Waals surface area contributed by atoms with Crippen molar-refractivity contribution >= 4 is 5.52 Å². The smallest absolute Gasteiger partial charge is 0.238 e. The van der Waals surface area contributed by atoms with Crippen LogP contribution in [-0.4, -0.2) is 16.5 Å². The predicted octanol–water partition coefficient (Wildman–Crippen LogP) is 2.83. The van der Waals surface area contributed by atoms with Crippen molar-refractivity contribution in [3.63, 3.8) is 0 Å². The van der Waals surface area contributed by atoms with E-state index in [-0.39, 0.29) is 0 Å². The van der Waals surface area contributed by atoms with E-state index in [0.717, 1.165) is 17.6 Å². The number of rotatable bonds is 2. The Hall–Kier alpha value is -1.51. The third kappa shape index (κ3) is 1.39. The van der Waals surface area contributed by atoms with Crippen molar-refractivity contribution in [1.82, 2.24) is 9.38 Å². The van der Waals surface area contributed by atoms with Crippen molar-refractivity contribution in [2.24, 2.45) is 0 Å². The molecule has 0 aliphatic rings. The van der Waals surface area contributed by atoms with E-state index in [2.05, 4.69) is 36.2 Å². The van der Waals surface area contributed by atoms with Gasteiger partial charge in [-0.1, -0.05) is 6.92 Å². The molecule has 0 N–H and O–H groups in total. The van der Waals surface area contributed by atoms with Crippen LogP contribution in [0.3, 0.4) is 0 Å². The van der Waals surface area contributed by atoms with E-state index in [1.54, 1.807) is 7.11 Å². The summed E-state index contributed by atoms with van der Waals surface area (Å²) in [5, 5.41) is 0. The summed E-state index contributed by atoms with van der Waals surface area (Å²) in [7, 11) is 1.67. The van der Waals surface area contributed by atoms with Gasteiger partial charge in [-0.25, -0.2) is 4.98 Å². The average Bonchev–Trinajstić information content (AvgIpc) is 2.60. The lowest BCUT2D eigenvalue weighted by Crippen LogP contribution is -2.03. The van der Waals surface area contributed by atoms with E-state index in [9.17, 15) is 0 Å². The monoisotopic (exact) mass is 218 g/mol. The first kappa shape index (κ1) is 11.0. The Balaban J connectivity index is 2.93. The fourth-order valence-corrected chi connectivity index (χ4v) is 2.25. The molecule has 0 unspecified atom stereocenters. The Kier molecular flexibility index (Phi) is 2.62. The largest absolute Gasteiger partial charge is 0.479 e. The highest BCUT2D eigenvalue weighted by Gasteiger charge is 2.14. The number of nitrogens with zero attached hydrogens (tertiary/aromatic N) is 2. The van der Waals surface area contributed by atoms with Gasteiger partial charge in [0.15, 0.2) is 0 Å². The lowest BCUT2D eigenvalue weighted by Gasteiger charge is -2.11. The molecular formula is C13H18N2O. The summed E-state index contributed by atoms with van der Waals surface area (Å²) in [6.45, 7) is 8.44. The van der Waals surface area contributed by atoms with Gasteiger partial charge in [0.05, 0.1) is 12.8 Å². The van der Waals surface area contributed by atoms with Gasteiger partial charge in [0.2, 0.25) is 5.88 Å². The SMILES string of the molecule is CCc1c(C)cc2c(OC)nc(C)c(C)n12. The Labute approximate surface area is 96.1 Å². The van der Waals surface area contributed by atoms with Crippen molar-refractivity contribution in [1.29, 1.82) is 0 Å². The van der Waals surface area contributed by atoms with Gasteiger partial charge >= 0.3 is 0 Å². The van der Waals surface area contributed by atoms with Crippen LogP contribution in [0, 0.1) is 20.8 Å². The minimum atomic E-state index is 0.714. The number of aromatic nitrogens is 2. The summed E-state index contributed by atoms with van der Waals surface area (Å²) in [6, 6.07) is 2.15. The van der Waals surface area contributed by atoms with Gasteiger partial charge < -0.3 is 9.14 Å². The van der Waals surface area contributed by atoms with Gasteiger partial charge in [0.1, 0.15) is 5.52 Å². The van der Waals surface area contributed by atoms with E-state index in [1.165, 1.54) is 17.0 Å². The van der Waals surface area contributed by atoms with Gasteiger partial charge in [0.25, 0.3) is 0 Å². The minimum Gasteiger partial charge on any atom is -0.479 e. The standard InChI is InChI=1S/C13H18N2O/c1-6-11-8(2)7-12-13(16-5)14-9(3)10(4)15(11)12/h7H,6H2,1-5H3. The van der Waals surface area contributed by atoms with Crippen molar-refractivity contribution in [2.45, 2.75) is 34.1 Å². The van der Waals surface area contributed by atoms with Crippen LogP contribution in [-0.2, 0) is 6.42 Å². The second kappa shape index (κ2) is 3.81. The van der Waals surface area contributed by atoms with Crippen molar-refractivity contribution in [2.75, 3.05) is 7.11 Å². The van der Waals surface area contributed by atoms with Crippen LogP contribution >= 0.6 is 0 Å². The first-order chi connectivity index (χ1) is 7.60. The van der Waals surface area contributed by atoms with Crippen LogP contribution in [0.2, 0.25) is 0 Å². The molecule has 3 heteroatoms. The predicted molar refractivity (Wildman–Crippen MR) is 65.3 cm³/mol. The summed E-state index contributed by atoms with van der Waals surface area (Å²) >= 11 is 0. The fraction of sp³-hybridized carbons (Fsp3) is 0.462. The first-order valence-electron chi connectivity index (χ1n) is 5.62. The highest BCUT2D eigenvalue weighted by molar-refractivity contribution is 5.62. The fourth-order valence-electron chi connectivity index (χ4n) is 2.25. The quantitative estimate of drug-likeness (QED) is 0.775. The van der Waals surface area contributed by atoms with Gasteiger partial charge in [-0.15, -0.1) is 0 Å². The van der Waals surface area contributed by atoms with E-state index >= 15 is 0 Å². The topological polar surface area (TPSA) is 26.5 Å². The summed E-state index contributed by atoms with van der Waals surface area (Å²) in [5.41, 5.74) is 5.93. The lowest BCUT2D eigenvalue weighted by molar-refractivity contribution is 0.399. The third-order valence-electron chi connectivity index (χ3n) is 3.19. The summed E-state index contributed by atoms with van der Waals surface area (Å²) in [6.07, 6.45) is 1.02. The van der Waals surface area contributed by atoms with Crippen molar-refractivity contribution in [3.8, 4) is 5.88 Å². The zero-order valence-corrected chi connectivity index (χ0v) is 10.6. The van der Waals surface area contributed by atoms with Gasteiger partial charge in [-0.3, -0.25) is 0 Å². The van der Waals surface area contributed by atoms with Gasteiger partial charge in [0, 0.05) is 11.4 Å². The number of hydrogen-bond donors (Lipinski definition) is 0. The molecule has 0 amide bonds. The summed E-state index contributed by atoms with van der Waals surface area (Å²) < 4.78 is 7.60. The highest BCUT2D eigenvalue weighted by atomic mass is 16.5. The maximum absolute atomic E-state index is 5.34. The van der Waals surface area contributed by atoms with E-state index in [4.69, 9.17) is 4.74 Å². The van der Waals surface area contributed by atoms with Crippen molar-refractivity contribution in [3.05, 3.63) is 28.7 Å². The Morgan fingerprint density at radius 2 is 2.00 bits per heavy atom. The maximum Gasteiger partial charge on any atom is 0.238 e. The van der Waals surface area contributed by atoms with E-state index in [1.807, 2.05) is 6.92 Å². The molecule has 0 bridgehead atoms. The molecule has 2 aromatic heterocycles. The number of fused-ring (bicyclic) bond motifs is 1.